The molecular weight excluding hydrogens is 216 g/mol. The molecule has 0 aromatic carbocycles. The minimum Gasteiger partial charge on any atom is -0.356 e. The maximum Gasteiger partial charge on any atom is 0.220 e. The Morgan fingerprint density at radius 1 is 1.53 bits per heavy atom. The molecule has 1 aromatic heterocycles. The fraction of sp³-hybridized carbons (Fsp3) is 0.667. The van der Waals surface area contributed by atoms with E-state index in [1.807, 2.05) is 31.9 Å². The summed E-state index contributed by atoms with van der Waals surface area (Å²) < 4.78 is 1.94. The van der Waals surface area contributed by atoms with Gasteiger partial charge in [0.1, 0.15) is 5.82 Å². The molecule has 0 aliphatic carbocycles. The van der Waals surface area contributed by atoms with E-state index in [0.717, 1.165) is 25.3 Å². The van der Waals surface area contributed by atoms with Crippen LogP contribution in [0.25, 0.3) is 0 Å². The summed E-state index contributed by atoms with van der Waals surface area (Å²) in [7, 11) is 6.00. The molecule has 1 rings (SSSR count). The summed E-state index contributed by atoms with van der Waals surface area (Å²) in [5, 5.41) is 2.92. The van der Waals surface area contributed by atoms with Gasteiger partial charge in [0.25, 0.3) is 0 Å². The Morgan fingerprint density at radius 3 is 2.88 bits per heavy atom. The van der Waals surface area contributed by atoms with Crippen molar-refractivity contribution in [3.63, 3.8) is 0 Å². The first kappa shape index (κ1) is 13.7. The molecule has 96 valence electrons. The van der Waals surface area contributed by atoms with E-state index >= 15 is 0 Å². The molecule has 0 spiro atoms. The van der Waals surface area contributed by atoms with Crippen molar-refractivity contribution in [2.75, 3.05) is 27.2 Å². The highest BCUT2D eigenvalue weighted by atomic mass is 16.1. The van der Waals surface area contributed by atoms with Crippen LogP contribution < -0.4 is 5.32 Å². The molecule has 1 heterocycles. The standard InChI is InChI=1S/C12H22N4O/c1-15(2)9-4-7-14-12(17)6-5-11-13-8-10-16(11)3/h8,10H,4-7,9H2,1-3H3,(H,14,17). The van der Waals surface area contributed by atoms with Gasteiger partial charge < -0.3 is 14.8 Å². The maximum atomic E-state index is 11.5. The molecule has 0 bridgehead atoms. The smallest absolute Gasteiger partial charge is 0.220 e. The number of imidazole rings is 1. The van der Waals surface area contributed by atoms with Crippen LogP contribution in [0.2, 0.25) is 0 Å². The van der Waals surface area contributed by atoms with Gasteiger partial charge in [0.05, 0.1) is 0 Å². The lowest BCUT2D eigenvalue weighted by Gasteiger charge is -2.09. The number of aromatic nitrogens is 2. The molecule has 0 aliphatic heterocycles. The fourth-order valence-corrected chi connectivity index (χ4v) is 1.57. The van der Waals surface area contributed by atoms with Crippen molar-refractivity contribution >= 4 is 5.91 Å². The van der Waals surface area contributed by atoms with Gasteiger partial charge in [-0.3, -0.25) is 4.79 Å². The predicted molar refractivity (Wildman–Crippen MR) is 67.7 cm³/mol. The van der Waals surface area contributed by atoms with E-state index in [1.165, 1.54) is 0 Å². The summed E-state index contributed by atoms with van der Waals surface area (Å²) in [6.07, 6.45) is 5.84. The van der Waals surface area contributed by atoms with Crippen molar-refractivity contribution in [1.29, 1.82) is 0 Å². The Balaban J connectivity index is 2.11. The predicted octanol–water partition coefficient (Wildman–Crippen LogP) is 0.421. The quantitative estimate of drug-likeness (QED) is 0.700. The molecule has 5 nitrogen and oxygen atoms in total. The topological polar surface area (TPSA) is 50.2 Å². The number of carbonyl (C=O) groups excluding carboxylic acids is 1. The summed E-state index contributed by atoms with van der Waals surface area (Å²) in [5.74, 6) is 1.06. The van der Waals surface area contributed by atoms with Crippen molar-refractivity contribution in [3.05, 3.63) is 18.2 Å². The number of amides is 1. The Hall–Kier alpha value is -1.36. The van der Waals surface area contributed by atoms with E-state index in [0.29, 0.717) is 12.8 Å². The minimum atomic E-state index is 0.103. The van der Waals surface area contributed by atoms with E-state index in [4.69, 9.17) is 0 Å². The highest BCUT2D eigenvalue weighted by molar-refractivity contribution is 5.75. The number of carbonyl (C=O) groups is 1. The molecule has 0 atom stereocenters. The second-order valence-electron chi connectivity index (χ2n) is 4.46. The molecule has 0 unspecified atom stereocenters. The van der Waals surface area contributed by atoms with E-state index in [9.17, 15) is 4.79 Å². The van der Waals surface area contributed by atoms with E-state index < -0.39 is 0 Å². The second-order valence-corrected chi connectivity index (χ2v) is 4.46. The third-order valence-corrected chi connectivity index (χ3v) is 2.60. The number of nitrogens with one attached hydrogen (secondary N) is 1. The highest BCUT2D eigenvalue weighted by Gasteiger charge is 2.04. The lowest BCUT2D eigenvalue weighted by molar-refractivity contribution is -0.121. The van der Waals surface area contributed by atoms with Crippen LogP contribution in [-0.4, -0.2) is 47.5 Å². The van der Waals surface area contributed by atoms with Crippen LogP contribution >= 0.6 is 0 Å². The van der Waals surface area contributed by atoms with Gasteiger partial charge in [0.2, 0.25) is 5.91 Å². The lowest BCUT2D eigenvalue weighted by Crippen LogP contribution is -2.27. The zero-order chi connectivity index (χ0) is 12.7. The number of rotatable bonds is 7. The Labute approximate surface area is 103 Å². The van der Waals surface area contributed by atoms with Gasteiger partial charge in [-0.1, -0.05) is 0 Å². The number of hydrogen-bond acceptors (Lipinski definition) is 3. The van der Waals surface area contributed by atoms with Crippen LogP contribution in [-0.2, 0) is 18.3 Å². The van der Waals surface area contributed by atoms with Crippen molar-refractivity contribution in [3.8, 4) is 0 Å². The molecule has 17 heavy (non-hydrogen) atoms. The normalized spacial score (nSPS) is 10.8. The summed E-state index contributed by atoms with van der Waals surface area (Å²) in [5.41, 5.74) is 0. The van der Waals surface area contributed by atoms with E-state index in [-0.39, 0.29) is 5.91 Å². The third kappa shape index (κ3) is 5.49. The first-order valence-corrected chi connectivity index (χ1v) is 5.97. The average Bonchev–Trinajstić information content (AvgIpc) is 2.67. The summed E-state index contributed by atoms with van der Waals surface area (Å²) >= 11 is 0. The number of aryl methyl sites for hydroxylation is 2. The maximum absolute atomic E-state index is 11.5. The molecule has 1 amide bonds. The van der Waals surface area contributed by atoms with Gasteiger partial charge in [-0.25, -0.2) is 4.98 Å². The summed E-state index contributed by atoms with van der Waals surface area (Å²) in [6, 6.07) is 0. The van der Waals surface area contributed by atoms with Crippen molar-refractivity contribution in [1.82, 2.24) is 19.8 Å². The molecule has 5 heteroatoms. The highest BCUT2D eigenvalue weighted by Crippen LogP contribution is 1.98. The van der Waals surface area contributed by atoms with Gasteiger partial charge in [0.15, 0.2) is 0 Å². The van der Waals surface area contributed by atoms with Gasteiger partial charge in [-0.15, -0.1) is 0 Å². The van der Waals surface area contributed by atoms with Gasteiger partial charge >= 0.3 is 0 Å². The zero-order valence-corrected chi connectivity index (χ0v) is 10.9. The molecular formula is C12H22N4O. The first-order chi connectivity index (χ1) is 8.09. The monoisotopic (exact) mass is 238 g/mol. The van der Waals surface area contributed by atoms with Crippen LogP contribution in [0.4, 0.5) is 0 Å². The fourth-order valence-electron chi connectivity index (χ4n) is 1.57. The van der Waals surface area contributed by atoms with E-state index in [1.54, 1.807) is 6.20 Å². The van der Waals surface area contributed by atoms with Crippen molar-refractivity contribution < 1.29 is 4.79 Å². The molecule has 0 saturated carbocycles. The SMILES string of the molecule is CN(C)CCCNC(=O)CCc1nccn1C. The zero-order valence-electron chi connectivity index (χ0n) is 10.9. The van der Waals surface area contributed by atoms with Crippen LogP contribution in [0.1, 0.15) is 18.7 Å². The van der Waals surface area contributed by atoms with Crippen molar-refractivity contribution in [2.45, 2.75) is 19.3 Å². The van der Waals surface area contributed by atoms with Crippen LogP contribution in [0.5, 0.6) is 0 Å². The molecule has 0 aliphatic rings. The number of hydrogen-bond donors (Lipinski definition) is 1. The average molecular weight is 238 g/mol. The largest absolute Gasteiger partial charge is 0.356 e. The summed E-state index contributed by atoms with van der Waals surface area (Å²) in [6.45, 7) is 1.75. The first-order valence-electron chi connectivity index (χ1n) is 5.97. The van der Waals surface area contributed by atoms with Crippen molar-refractivity contribution in [2.24, 2.45) is 7.05 Å². The van der Waals surface area contributed by atoms with Crippen LogP contribution in [0, 0.1) is 0 Å². The molecule has 0 radical (unpaired) electrons. The Bertz CT molecular complexity index is 346. The Morgan fingerprint density at radius 2 is 2.29 bits per heavy atom. The van der Waals surface area contributed by atoms with Gasteiger partial charge in [0, 0.05) is 38.8 Å². The van der Waals surface area contributed by atoms with Crippen LogP contribution in [0.15, 0.2) is 12.4 Å². The van der Waals surface area contributed by atoms with Gasteiger partial charge in [-0.05, 0) is 27.1 Å². The second kappa shape index (κ2) is 7.06. The molecule has 1 N–H and O–H groups in total. The van der Waals surface area contributed by atoms with Gasteiger partial charge in [-0.2, -0.15) is 0 Å². The molecule has 0 fully saturated rings. The lowest BCUT2D eigenvalue weighted by atomic mass is 10.2. The number of nitrogens with zero attached hydrogens (tertiary/aromatic N) is 3. The summed E-state index contributed by atoms with van der Waals surface area (Å²) in [4.78, 5) is 17.8. The molecule has 1 aromatic rings. The molecule has 0 saturated heterocycles. The third-order valence-electron chi connectivity index (χ3n) is 2.60. The van der Waals surface area contributed by atoms with Crippen LogP contribution in [0.3, 0.4) is 0 Å². The minimum absolute atomic E-state index is 0.103. The Kier molecular flexibility index (Phi) is 5.69. The van der Waals surface area contributed by atoms with E-state index in [2.05, 4.69) is 15.2 Å².